The second-order valence-corrected chi connectivity index (χ2v) is 3.49. The zero-order valence-corrected chi connectivity index (χ0v) is 8.42. The summed E-state index contributed by atoms with van der Waals surface area (Å²) < 4.78 is 0.773. The first-order valence-corrected chi connectivity index (χ1v) is 4.94. The van der Waals surface area contributed by atoms with Crippen molar-refractivity contribution in [1.82, 2.24) is 4.98 Å². The van der Waals surface area contributed by atoms with Gasteiger partial charge in [0, 0.05) is 12.3 Å². The van der Waals surface area contributed by atoms with Gasteiger partial charge in [-0.3, -0.25) is 4.98 Å². The molecule has 0 bridgehead atoms. The maximum Gasteiger partial charge on any atom is 0.283 e. The summed E-state index contributed by atoms with van der Waals surface area (Å²) in [4.78, 5) is 2.87. The van der Waals surface area contributed by atoms with Gasteiger partial charge in [-0.05, 0) is 12.1 Å². The lowest BCUT2D eigenvalue weighted by atomic mass is 10.3. The smallest absolute Gasteiger partial charge is 0.283 e. The van der Waals surface area contributed by atoms with Crippen molar-refractivity contribution >= 4 is 17.6 Å². The molecule has 1 aromatic carbocycles. The lowest BCUT2D eigenvalue weighted by Gasteiger charge is -2.21. The van der Waals surface area contributed by atoms with Gasteiger partial charge in [0.15, 0.2) is 12.0 Å². The second-order valence-electron chi connectivity index (χ2n) is 3.49. The molecular weight excluding hydrogens is 204 g/mol. The van der Waals surface area contributed by atoms with Crippen LogP contribution in [-0.4, -0.2) is 4.98 Å². The monoisotopic (exact) mass is 214 g/mol. The molecule has 1 aliphatic heterocycles. The Balaban J connectivity index is 1.96. The number of nitrogens with one attached hydrogen (secondary N) is 2. The maximum absolute atomic E-state index is 11.4. The Bertz CT molecular complexity index is 532. The van der Waals surface area contributed by atoms with E-state index >= 15 is 0 Å². The predicted octanol–water partition coefficient (Wildman–Crippen LogP) is 1.47. The third kappa shape index (κ3) is 1.30. The third-order valence-electron chi connectivity index (χ3n) is 2.46. The van der Waals surface area contributed by atoms with Crippen molar-refractivity contribution in [1.29, 1.82) is 0 Å². The molecule has 5 nitrogen and oxygen atoms in total. The average molecular weight is 214 g/mol. The van der Waals surface area contributed by atoms with Crippen LogP contribution in [0.5, 0.6) is 0 Å². The van der Waals surface area contributed by atoms with Crippen LogP contribution in [0.25, 0.3) is 6.08 Å². The minimum Gasteiger partial charge on any atom is -0.740 e. The average Bonchev–Trinajstić information content (AvgIpc) is 2.72. The van der Waals surface area contributed by atoms with E-state index in [1.165, 1.54) is 6.33 Å². The van der Waals surface area contributed by atoms with Crippen molar-refractivity contribution in [3.05, 3.63) is 53.8 Å². The number of hydrogen-bond acceptors (Lipinski definition) is 3. The quantitative estimate of drug-likeness (QED) is 0.558. The number of hydrogen-bond donors (Lipinski definition) is 2. The zero-order chi connectivity index (χ0) is 11.0. The molecule has 16 heavy (non-hydrogen) atoms. The van der Waals surface area contributed by atoms with Gasteiger partial charge < -0.3 is 5.21 Å². The molecule has 0 unspecified atom stereocenters. The van der Waals surface area contributed by atoms with E-state index < -0.39 is 0 Å². The lowest BCUT2D eigenvalue weighted by molar-refractivity contribution is -0.589. The maximum atomic E-state index is 11.4. The number of H-pyrrole nitrogens is 1. The number of aromatic nitrogens is 2. The highest BCUT2D eigenvalue weighted by molar-refractivity contribution is 5.68. The Morgan fingerprint density at radius 3 is 2.81 bits per heavy atom. The van der Waals surface area contributed by atoms with E-state index in [1.807, 2.05) is 42.6 Å². The van der Waals surface area contributed by atoms with Crippen LogP contribution in [-0.2, 0) is 0 Å². The number of nitrogens with zero attached hydrogens (tertiary/aromatic N) is 2. The van der Waals surface area contributed by atoms with E-state index in [0.717, 1.165) is 16.1 Å². The Morgan fingerprint density at radius 1 is 1.19 bits per heavy atom. The summed E-state index contributed by atoms with van der Waals surface area (Å²) in [5.74, 6) is 0.506. The van der Waals surface area contributed by atoms with Gasteiger partial charge in [0.2, 0.25) is 0 Å². The number of imidazole rings is 1. The van der Waals surface area contributed by atoms with Crippen molar-refractivity contribution in [3.8, 4) is 0 Å². The third-order valence-corrected chi connectivity index (χ3v) is 2.46. The first-order chi connectivity index (χ1) is 7.84. The summed E-state index contributed by atoms with van der Waals surface area (Å²) in [7, 11) is 0. The van der Waals surface area contributed by atoms with Gasteiger partial charge in [0.1, 0.15) is 0 Å². The summed E-state index contributed by atoms with van der Waals surface area (Å²) in [6, 6.07) is 9.77. The molecule has 0 spiro atoms. The van der Waals surface area contributed by atoms with Crippen LogP contribution in [0.15, 0.2) is 42.9 Å². The number of aromatic amines is 1. The Kier molecular flexibility index (Phi) is 1.83. The van der Waals surface area contributed by atoms with Crippen LogP contribution in [0.1, 0.15) is 5.69 Å². The molecule has 80 valence electrons. The molecule has 2 aromatic rings. The van der Waals surface area contributed by atoms with Gasteiger partial charge in [-0.15, -0.1) is 0 Å². The topological polar surface area (TPSA) is 58.0 Å². The van der Waals surface area contributed by atoms with E-state index in [9.17, 15) is 5.21 Å². The summed E-state index contributed by atoms with van der Waals surface area (Å²) in [6.45, 7) is 0. The van der Waals surface area contributed by atoms with Gasteiger partial charge in [-0.25, -0.2) is 9.74 Å². The van der Waals surface area contributed by atoms with E-state index in [4.69, 9.17) is 0 Å². The SMILES string of the molecule is [O-][n+]1c[nH]c2c1NN(c1ccccc1)C=C2. The van der Waals surface area contributed by atoms with E-state index in [2.05, 4.69) is 10.4 Å². The Labute approximate surface area is 92.2 Å². The first-order valence-electron chi connectivity index (χ1n) is 4.94. The lowest BCUT2D eigenvalue weighted by Crippen LogP contribution is -2.35. The molecule has 1 aromatic heterocycles. The first kappa shape index (κ1) is 8.84. The van der Waals surface area contributed by atoms with Crippen LogP contribution in [0.3, 0.4) is 0 Å². The summed E-state index contributed by atoms with van der Waals surface area (Å²) >= 11 is 0. The van der Waals surface area contributed by atoms with E-state index in [0.29, 0.717) is 5.82 Å². The van der Waals surface area contributed by atoms with Gasteiger partial charge in [0.25, 0.3) is 5.82 Å². The molecule has 0 aliphatic carbocycles. The number of rotatable bonds is 1. The number of benzene rings is 1. The molecule has 0 fully saturated rings. The van der Waals surface area contributed by atoms with Crippen molar-refractivity contribution in [2.75, 3.05) is 10.4 Å². The van der Waals surface area contributed by atoms with Gasteiger partial charge in [-0.1, -0.05) is 18.2 Å². The van der Waals surface area contributed by atoms with Gasteiger partial charge >= 0.3 is 0 Å². The number of fused-ring (bicyclic) bond motifs is 1. The van der Waals surface area contributed by atoms with E-state index in [1.54, 1.807) is 5.01 Å². The van der Waals surface area contributed by atoms with Crippen LogP contribution in [0.4, 0.5) is 11.5 Å². The Hall–Kier alpha value is -2.43. The molecule has 2 N–H and O–H groups in total. The highest BCUT2D eigenvalue weighted by atomic mass is 16.5. The number of para-hydroxylation sites is 1. The minimum absolute atomic E-state index is 0.506. The molecule has 1 aliphatic rings. The molecule has 5 heteroatoms. The fraction of sp³-hybridized carbons (Fsp3) is 0. The van der Waals surface area contributed by atoms with Gasteiger partial charge in [0.05, 0.1) is 5.69 Å². The molecule has 2 heterocycles. The van der Waals surface area contributed by atoms with E-state index in [-0.39, 0.29) is 0 Å². The fourth-order valence-electron chi connectivity index (χ4n) is 1.66. The van der Waals surface area contributed by atoms with Crippen LogP contribution >= 0.6 is 0 Å². The summed E-state index contributed by atoms with van der Waals surface area (Å²) in [5.41, 5.74) is 4.78. The van der Waals surface area contributed by atoms with Gasteiger partial charge in [-0.2, -0.15) is 5.43 Å². The van der Waals surface area contributed by atoms with Crippen LogP contribution in [0, 0.1) is 5.21 Å². The number of anilines is 2. The molecule has 0 saturated heterocycles. The highest BCUT2D eigenvalue weighted by Crippen LogP contribution is 2.21. The molecule has 0 atom stereocenters. The normalized spacial score (nSPS) is 13.4. The second kappa shape index (κ2) is 3.30. The standard InChI is InChI=1S/C11H10N4O/c16-15-8-12-10-6-7-14(13-11(10)15)9-4-2-1-3-5-9/h1-8,12-13H. The Morgan fingerprint density at radius 2 is 2.00 bits per heavy atom. The largest absolute Gasteiger partial charge is 0.740 e. The summed E-state index contributed by atoms with van der Waals surface area (Å²) in [6.07, 6.45) is 5.10. The van der Waals surface area contributed by atoms with Crippen molar-refractivity contribution in [2.24, 2.45) is 0 Å². The number of hydrazine groups is 1. The summed E-state index contributed by atoms with van der Waals surface area (Å²) in [5, 5.41) is 13.2. The molecular formula is C11H10N4O. The van der Waals surface area contributed by atoms with Crippen LogP contribution < -0.4 is 15.2 Å². The van der Waals surface area contributed by atoms with Crippen molar-refractivity contribution in [2.45, 2.75) is 0 Å². The van der Waals surface area contributed by atoms with Crippen molar-refractivity contribution in [3.63, 3.8) is 0 Å². The molecule has 0 radical (unpaired) electrons. The highest BCUT2D eigenvalue weighted by Gasteiger charge is 2.19. The molecule has 3 rings (SSSR count). The fourth-order valence-corrected chi connectivity index (χ4v) is 1.66. The predicted molar refractivity (Wildman–Crippen MR) is 61.3 cm³/mol. The molecule has 0 amide bonds. The van der Waals surface area contributed by atoms with Crippen LogP contribution in [0.2, 0.25) is 0 Å². The van der Waals surface area contributed by atoms with Crippen molar-refractivity contribution < 1.29 is 4.73 Å². The zero-order valence-electron chi connectivity index (χ0n) is 8.42. The minimum atomic E-state index is 0.506. The molecule has 0 saturated carbocycles.